The van der Waals surface area contributed by atoms with Gasteiger partial charge in [0.05, 0.1) is 19.8 Å². The normalized spacial score (nSPS) is 9.00. The van der Waals surface area contributed by atoms with Crippen LogP contribution in [0.4, 0.5) is 0 Å². The van der Waals surface area contributed by atoms with Crippen LogP contribution in [0.25, 0.3) is 0 Å². The van der Waals surface area contributed by atoms with Gasteiger partial charge in [0.2, 0.25) is 0 Å². The van der Waals surface area contributed by atoms with E-state index in [2.05, 4.69) is 31.4 Å². The fourth-order valence-corrected chi connectivity index (χ4v) is 1.05. The summed E-state index contributed by atoms with van der Waals surface area (Å²) in [6.45, 7) is 24.4. The van der Waals surface area contributed by atoms with E-state index in [1.54, 1.807) is 27.7 Å². The van der Waals surface area contributed by atoms with Crippen LogP contribution >= 0.6 is 0 Å². The van der Waals surface area contributed by atoms with Crippen LogP contribution in [0.15, 0.2) is 36.5 Å². The Morgan fingerprint density at radius 2 is 1.14 bits per heavy atom. The summed E-state index contributed by atoms with van der Waals surface area (Å²) >= 11 is 0. The van der Waals surface area contributed by atoms with Crippen molar-refractivity contribution < 1.29 is 28.6 Å². The third kappa shape index (κ3) is 23.6. The molecule has 0 aromatic rings. The molecule has 0 bridgehead atoms. The summed E-state index contributed by atoms with van der Waals surface area (Å²) in [5.41, 5.74) is 1.38. The molecule has 0 fully saturated rings. The summed E-state index contributed by atoms with van der Waals surface area (Å²) in [5, 5.41) is 0. The molecule has 0 atom stereocenters. The second kappa shape index (κ2) is 19.4. The van der Waals surface area contributed by atoms with Crippen LogP contribution < -0.4 is 0 Å². The van der Waals surface area contributed by atoms with Crippen molar-refractivity contribution in [2.75, 3.05) is 19.8 Å². The molecule has 0 aromatic heterocycles. The Morgan fingerprint density at radius 1 is 0.750 bits per heavy atom. The number of hydrogen-bond donors (Lipinski definition) is 0. The van der Waals surface area contributed by atoms with Gasteiger partial charge in [-0.1, -0.05) is 46.9 Å². The lowest BCUT2D eigenvalue weighted by atomic mass is 10.2. The number of rotatable bonds is 9. The van der Waals surface area contributed by atoms with Gasteiger partial charge in [-0.15, -0.1) is 0 Å². The zero-order chi connectivity index (χ0) is 22.7. The molecule has 6 heteroatoms. The molecule has 28 heavy (non-hydrogen) atoms. The molecular formula is C22H38O6. The minimum absolute atomic E-state index is 0.284. The molecule has 0 saturated heterocycles. The second-order valence-electron chi connectivity index (χ2n) is 6.54. The van der Waals surface area contributed by atoms with Crippen LogP contribution in [0.1, 0.15) is 61.3 Å². The fraction of sp³-hybridized carbons (Fsp3) is 0.591. The topological polar surface area (TPSA) is 78.9 Å². The summed E-state index contributed by atoms with van der Waals surface area (Å²) in [4.78, 5) is 31.8. The Labute approximate surface area is 170 Å². The first-order valence-electron chi connectivity index (χ1n) is 9.38. The second-order valence-corrected chi connectivity index (χ2v) is 6.54. The number of hydrogen-bond acceptors (Lipinski definition) is 6. The van der Waals surface area contributed by atoms with Crippen molar-refractivity contribution in [2.45, 2.75) is 61.3 Å². The number of ether oxygens (including phenoxy) is 3. The van der Waals surface area contributed by atoms with E-state index in [-0.39, 0.29) is 17.9 Å². The van der Waals surface area contributed by atoms with Crippen molar-refractivity contribution in [1.29, 1.82) is 0 Å². The maximum atomic E-state index is 10.7. The van der Waals surface area contributed by atoms with Gasteiger partial charge in [-0.2, -0.15) is 0 Å². The quantitative estimate of drug-likeness (QED) is 0.240. The predicted molar refractivity (Wildman–Crippen MR) is 113 cm³/mol. The smallest absolute Gasteiger partial charge is 0.333 e. The Hall–Kier alpha value is -2.37. The lowest BCUT2D eigenvalue weighted by Crippen LogP contribution is -2.09. The van der Waals surface area contributed by atoms with Gasteiger partial charge in [-0.3, -0.25) is 0 Å². The third-order valence-corrected chi connectivity index (χ3v) is 2.60. The number of carbonyl (C=O) groups excluding carboxylic acids is 3. The molecule has 6 nitrogen and oxygen atoms in total. The molecule has 0 spiro atoms. The van der Waals surface area contributed by atoms with E-state index >= 15 is 0 Å². The first kappa shape index (κ1) is 30.4. The first-order chi connectivity index (χ1) is 12.9. The van der Waals surface area contributed by atoms with Gasteiger partial charge in [0.25, 0.3) is 0 Å². The van der Waals surface area contributed by atoms with Gasteiger partial charge in [0.1, 0.15) is 0 Å². The largest absolute Gasteiger partial charge is 0.463 e. The van der Waals surface area contributed by atoms with E-state index in [0.717, 1.165) is 12.8 Å². The van der Waals surface area contributed by atoms with Crippen LogP contribution in [-0.4, -0.2) is 37.7 Å². The first-order valence-corrected chi connectivity index (χ1v) is 9.38. The Bertz CT molecular complexity index is 517. The molecule has 0 N–H and O–H groups in total. The molecule has 0 amide bonds. The minimum atomic E-state index is -0.312. The molecule has 162 valence electrons. The fourth-order valence-electron chi connectivity index (χ4n) is 1.05. The van der Waals surface area contributed by atoms with Gasteiger partial charge in [0, 0.05) is 16.7 Å². The van der Waals surface area contributed by atoms with Crippen LogP contribution in [0.2, 0.25) is 0 Å². The van der Waals surface area contributed by atoms with Crippen molar-refractivity contribution in [3.05, 3.63) is 36.5 Å². The van der Waals surface area contributed by atoms with Crippen LogP contribution in [-0.2, 0) is 28.6 Å². The van der Waals surface area contributed by atoms with Gasteiger partial charge in [-0.05, 0) is 40.0 Å². The van der Waals surface area contributed by atoms with Crippen LogP contribution in [0.3, 0.4) is 0 Å². The lowest BCUT2D eigenvalue weighted by molar-refractivity contribution is -0.140. The summed E-state index contributed by atoms with van der Waals surface area (Å²) in [5.74, 6) is -0.502. The molecule has 0 heterocycles. The number of unbranched alkanes of at least 4 members (excludes halogenated alkanes) is 1. The monoisotopic (exact) mass is 398 g/mol. The molecule has 0 aliphatic carbocycles. The highest BCUT2D eigenvalue weighted by atomic mass is 16.5. The molecule has 0 saturated carbocycles. The van der Waals surface area contributed by atoms with Crippen molar-refractivity contribution >= 4 is 17.9 Å². The SMILES string of the molecule is C=C(C)C(=O)OCC.C=C(C)C(=O)OCC(C)C.C=C(C)C(=O)OCCCC. The summed E-state index contributed by atoms with van der Waals surface area (Å²) in [6.07, 6.45) is 1.97. The molecule has 0 radical (unpaired) electrons. The van der Waals surface area contributed by atoms with Crippen molar-refractivity contribution in [2.24, 2.45) is 5.92 Å². The van der Waals surface area contributed by atoms with Gasteiger partial charge >= 0.3 is 17.9 Å². The highest BCUT2D eigenvalue weighted by molar-refractivity contribution is 5.87. The number of esters is 3. The summed E-state index contributed by atoms with van der Waals surface area (Å²) in [7, 11) is 0. The molecule has 0 unspecified atom stereocenters. The van der Waals surface area contributed by atoms with Crippen molar-refractivity contribution in [3.63, 3.8) is 0 Å². The Morgan fingerprint density at radius 3 is 1.43 bits per heavy atom. The number of carbonyl (C=O) groups is 3. The lowest BCUT2D eigenvalue weighted by Gasteiger charge is -2.05. The van der Waals surface area contributed by atoms with Crippen molar-refractivity contribution in [3.8, 4) is 0 Å². The van der Waals surface area contributed by atoms with Gasteiger partial charge in [0.15, 0.2) is 0 Å². The predicted octanol–water partition coefficient (Wildman–Crippen LogP) is 4.79. The molecule has 0 aromatic carbocycles. The minimum Gasteiger partial charge on any atom is -0.463 e. The van der Waals surface area contributed by atoms with E-state index in [1.807, 2.05) is 13.8 Å². The average molecular weight is 399 g/mol. The van der Waals surface area contributed by atoms with E-state index in [9.17, 15) is 14.4 Å². The summed E-state index contributed by atoms with van der Waals surface area (Å²) < 4.78 is 14.2. The Kier molecular flexibility index (Phi) is 21.0. The van der Waals surface area contributed by atoms with Crippen molar-refractivity contribution in [1.82, 2.24) is 0 Å². The summed E-state index contributed by atoms with van der Waals surface area (Å²) in [6, 6.07) is 0. The zero-order valence-electron chi connectivity index (χ0n) is 18.7. The van der Waals surface area contributed by atoms with Gasteiger partial charge in [-0.25, -0.2) is 14.4 Å². The van der Waals surface area contributed by atoms with E-state index < -0.39 is 0 Å². The van der Waals surface area contributed by atoms with Crippen LogP contribution in [0.5, 0.6) is 0 Å². The highest BCUT2D eigenvalue weighted by Gasteiger charge is 2.03. The van der Waals surface area contributed by atoms with Crippen LogP contribution in [0, 0.1) is 5.92 Å². The zero-order valence-corrected chi connectivity index (χ0v) is 18.7. The molecule has 0 aliphatic heterocycles. The maximum Gasteiger partial charge on any atom is 0.333 e. The van der Waals surface area contributed by atoms with E-state index in [0.29, 0.717) is 42.5 Å². The maximum absolute atomic E-state index is 10.7. The standard InChI is InChI=1S/2C8H14O2.C6H10O2/c1-6(2)5-10-8(9)7(3)4;1-4-5-6-10-8(9)7(2)3;1-4-8-6(7)5(2)3/h6H,3,5H2,1-2,4H3;2,4-6H2,1,3H3;2,4H2,1,3H3. The molecule has 0 rings (SSSR count). The molecular weight excluding hydrogens is 360 g/mol. The molecule has 0 aliphatic rings. The van der Waals surface area contributed by atoms with E-state index in [4.69, 9.17) is 9.47 Å². The third-order valence-electron chi connectivity index (χ3n) is 2.60. The van der Waals surface area contributed by atoms with E-state index in [1.165, 1.54) is 0 Å². The van der Waals surface area contributed by atoms with Gasteiger partial charge < -0.3 is 14.2 Å². The average Bonchev–Trinajstić information content (AvgIpc) is 2.60. The Balaban J connectivity index is -0.000000337. The highest BCUT2D eigenvalue weighted by Crippen LogP contribution is 1.97.